The predicted molar refractivity (Wildman–Crippen MR) is 75.7 cm³/mol. The SMILES string of the molecule is CO[SiH](OC)C(C)CCNC(=O)n1nc(C)cc1C. The van der Waals surface area contributed by atoms with Gasteiger partial charge in [-0.1, -0.05) is 6.92 Å². The van der Waals surface area contributed by atoms with Crippen molar-refractivity contribution in [1.82, 2.24) is 15.1 Å². The summed E-state index contributed by atoms with van der Waals surface area (Å²) < 4.78 is 12.0. The van der Waals surface area contributed by atoms with Gasteiger partial charge in [0.2, 0.25) is 0 Å². The molecule has 108 valence electrons. The highest BCUT2D eigenvalue weighted by molar-refractivity contribution is 6.46. The van der Waals surface area contributed by atoms with Gasteiger partial charge >= 0.3 is 15.3 Å². The van der Waals surface area contributed by atoms with Gasteiger partial charge < -0.3 is 14.2 Å². The van der Waals surface area contributed by atoms with Crippen molar-refractivity contribution >= 4 is 15.3 Å². The van der Waals surface area contributed by atoms with Crippen LogP contribution < -0.4 is 5.32 Å². The van der Waals surface area contributed by atoms with Gasteiger partial charge in [0.25, 0.3) is 0 Å². The standard InChI is InChI=1S/C12H23N3O3Si/c1-9-8-10(2)15(14-9)12(16)13-7-6-11(3)19(17-4)18-5/h8,11,19H,6-7H2,1-5H3,(H,13,16). The molecular formula is C12H23N3O3Si. The summed E-state index contributed by atoms with van der Waals surface area (Å²) in [6.07, 6.45) is 0.837. The number of nitrogens with one attached hydrogen (secondary N) is 1. The molecule has 6 nitrogen and oxygen atoms in total. The maximum absolute atomic E-state index is 11.9. The average molecular weight is 285 g/mol. The third-order valence-electron chi connectivity index (χ3n) is 3.01. The third-order valence-corrected chi connectivity index (χ3v) is 5.20. The molecule has 1 aromatic rings. The molecule has 0 spiro atoms. The fourth-order valence-electron chi connectivity index (χ4n) is 2.01. The minimum Gasteiger partial charge on any atom is -0.400 e. The van der Waals surface area contributed by atoms with Crippen LogP contribution in [-0.2, 0) is 8.85 Å². The normalized spacial score (nSPS) is 12.7. The Labute approximate surface area is 115 Å². The summed E-state index contributed by atoms with van der Waals surface area (Å²) >= 11 is 0. The van der Waals surface area contributed by atoms with E-state index in [-0.39, 0.29) is 6.03 Å². The first-order valence-corrected chi connectivity index (χ1v) is 7.97. The van der Waals surface area contributed by atoms with Crippen LogP contribution in [0.25, 0.3) is 0 Å². The van der Waals surface area contributed by atoms with Crippen molar-refractivity contribution in [3.8, 4) is 0 Å². The molecule has 1 amide bonds. The van der Waals surface area contributed by atoms with Crippen molar-refractivity contribution in [2.24, 2.45) is 0 Å². The lowest BCUT2D eigenvalue weighted by Crippen LogP contribution is -2.33. The van der Waals surface area contributed by atoms with Crippen LogP contribution in [-0.4, -0.2) is 45.9 Å². The molecule has 0 aromatic carbocycles. The number of aromatic nitrogens is 2. The predicted octanol–water partition coefficient (Wildman–Crippen LogP) is 1.35. The van der Waals surface area contributed by atoms with E-state index >= 15 is 0 Å². The molecule has 19 heavy (non-hydrogen) atoms. The lowest BCUT2D eigenvalue weighted by atomic mass is 10.3. The second-order valence-corrected chi connectivity index (χ2v) is 7.49. The van der Waals surface area contributed by atoms with Gasteiger partial charge in [0.1, 0.15) is 0 Å². The van der Waals surface area contributed by atoms with Gasteiger partial charge in [-0.05, 0) is 31.9 Å². The Morgan fingerprint density at radius 1 is 1.47 bits per heavy atom. The van der Waals surface area contributed by atoms with Gasteiger partial charge in [-0.3, -0.25) is 0 Å². The highest BCUT2D eigenvalue weighted by Gasteiger charge is 2.19. The fraction of sp³-hybridized carbons (Fsp3) is 0.667. The Bertz CT molecular complexity index is 418. The number of rotatable bonds is 6. The van der Waals surface area contributed by atoms with Crippen molar-refractivity contribution in [2.45, 2.75) is 32.7 Å². The molecule has 0 radical (unpaired) electrons. The number of hydrogen-bond acceptors (Lipinski definition) is 4. The van der Waals surface area contributed by atoms with Gasteiger partial charge in [0.15, 0.2) is 0 Å². The molecule has 7 heteroatoms. The van der Waals surface area contributed by atoms with Crippen LogP contribution in [0.1, 0.15) is 24.7 Å². The highest BCUT2D eigenvalue weighted by Crippen LogP contribution is 2.14. The Balaban J connectivity index is 2.41. The van der Waals surface area contributed by atoms with E-state index in [0.29, 0.717) is 12.1 Å². The van der Waals surface area contributed by atoms with Crippen molar-refractivity contribution in [3.63, 3.8) is 0 Å². The quantitative estimate of drug-likeness (QED) is 0.801. The molecular weight excluding hydrogens is 262 g/mol. The number of aryl methyl sites for hydroxylation is 2. The lowest BCUT2D eigenvalue weighted by Gasteiger charge is -2.18. The van der Waals surface area contributed by atoms with Crippen LogP contribution in [0.4, 0.5) is 4.79 Å². The summed E-state index contributed by atoms with van der Waals surface area (Å²) in [4.78, 5) is 11.9. The van der Waals surface area contributed by atoms with Gasteiger partial charge in [-0.25, -0.2) is 4.79 Å². The Hall–Kier alpha value is -1.18. The van der Waals surface area contributed by atoms with Crippen LogP contribution in [0.2, 0.25) is 5.54 Å². The summed E-state index contributed by atoms with van der Waals surface area (Å²) in [7, 11) is 1.74. The lowest BCUT2D eigenvalue weighted by molar-refractivity contribution is 0.237. The maximum atomic E-state index is 11.9. The zero-order valence-corrected chi connectivity index (χ0v) is 13.4. The minimum atomic E-state index is -1.60. The summed E-state index contributed by atoms with van der Waals surface area (Å²) in [6, 6.07) is 1.69. The summed E-state index contributed by atoms with van der Waals surface area (Å²) in [5.41, 5.74) is 2.02. The summed E-state index contributed by atoms with van der Waals surface area (Å²) in [5.74, 6) is 0. The molecule has 0 fully saturated rings. The van der Waals surface area contributed by atoms with E-state index in [1.54, 1.807) is 14.2 Å². The largest absolute Gasteiger partial charge is 0.400 e. The minimum absolute atomic E-state index is 0.189. The van der Waals surface area contributed by atoms with Crippen molar-refractivity contribution in [1.29, 1.82) is 0 Å². The molecule has 0 saturated heterocycles. The Morgan fingerprint density at radius 3 is 2.58 bits per heavy atom. The van der Waals surface area contributed by atoms with Crippen molar-refractivity contribution < 1.29 is 13.6 Å². The van der Waals surface area contributed by atoms with Crippen LogP contribution in [0, 0.1) is 13.8 Å². The van der Waals surface area contributed by atoms with E-state index in [0.717, 1.165) is 17.8 Å². The Kier molecular flexibility index (Phi) is 6.20. The van der Waals surface area contributed by atoms with Gasteiger partial charge in [-0.2, -0.15) is 9.78 Å². The number of amides is 1. The first kappa shape index (κ1) is 15.9. The van der Waals surface area contributed by atoms with E-state index in [1.807, 2.05) is 19.9 Å². The van der Waals surface area contributed by atoms with Crippen LogP contribution in [0.5, 0.6) is 0 Å². The maximum Gasteiger partial charge on any atom is 0.342 e. The van der Waals surface area contributed by atoms with Gasteiger partial charge in [0, 0.05) is 26.5 Å². The summed E-state index contributed by atoms with van der Waals surface area (Å²) in [5, 5.41) is 7.00. The van der Waals surface area contributed by atoms with E-state index in [4.69, 9.17) is 8.85 Å². The molecule has 0 aliphatic carbocycles. The molecule has 1 atom stereocenters. The van der Waals surface area contributed by atoms with E-state index < -0.39 is 9.28 Å². The smallest absolute Gasteiger partial charge is 0.342 e. The molecule has 0 saturated carbocycles. The van der Waals surface area contributed by atoms with E-state index in [9.17, 15) is 4.79 Å². The van der Waals surface area contributed by atoms with Crippen LogP contribution in [0.15, 0.2) is 6.07 Å². The zero-order valence-electron chi connectivity index (χ0n) is 12.3. The highest BCUT2D eigenvalue weighted by atomic mass is 28.3. The second-order valence-electron chi connectivity index (χ2n) is 4.68. The summed E-state index contributed by atoms with van der Waals surface area (Å²) in [6.45, 7) is 6.40. The first-order chi connectivity index (χ1) is 8.99. The Morgan fingerprint density at radius 2 is 2.11 bits per heavy atom. The molecule has 1 unspecified atom stereocenters. The fourth-order valence-corrected chi connectivity index (χ4v) is 3.57. The first-order valence-electron chi connectivity index (χ1n) is 6.36. The topological polar surface area (TPSA) is 65.4 Å². The van der Waals surface area contributed by atoms with Crippen molar-refractivity contribution in [3.05, 3.63) is 17.5 Å². The monoisotopic (exact) mass is 285 g/mol. The zero-order chi connectivity index (χ0) is 14.4. The van der Waals surface area contributed by atoms with Crippen LogP contribution in [0.3, 0.4) is 0 Å². The average Bonchev–Trinajstić information content (AvgIpc) is 2.70. The number of carbonyl (C=O) groups is 1. The molecule has 0 aliphatic heterocycles. The molecule has 1 N–H and O–H groups in total. The molecule has 1 heterocycles. The van der Waals surface area contributed by atoms with Crippen molar-refractivity contribution in [2.75, 3.05) is 20.8 Å². The molecule has 0 bridgehead atoms. The molecule has 1 aromatic heterocycles. The molecule has 1 rings (SSSR count). The number of hydrogen-bond donors (Lipinski definition) is 1. The second kappa shape index (κ2) is 7.42. The van der Waals surface area contributed by atoms with E-state index in [2.05, 4.69) is 17.3 Å². The third kappa shape index (κ3) is 4.45. The molecule has 0 aliphatic rings. The van der Waals surface area contributed by atoms with Gasteiger partial charge in [-0.15, -0.1) is 0 Å². The van der Waals surface area contributed by atoms with Gasteiger partial charge in [0.05, 0.1) is 5.69 Å². The number of nitrogens with zero attached hydrogens (tertiary/aromatic N) is 2. The van der Waals surface area contributed by atoms with Crippen LogP contribution >= 0.6 is 0 Å². The van der Waals surface area contributed by atoms with E-state index in [1.165, 1.54) is 4.68 Å². The number of carbonyl (C=O) groups excluding carboxylic acids is 1.